The lowest BCUT2D eigenvalue weighted by atomic mass is 10.2. The molecule has 40 heavy (non-hydrogen) atoms. The van der Waals surface area contributed by atoms with Gasteiger partial charge in [0.1, 0.15) is 12.4 Å². The summed E-state index contributed by atoms with van der Waals surface area (Å²) in [7, 11) is 0. The topological polar surface area (TPSA) is 114 Å². The molecule has 1 saturated heterocycles. The van der Waals surface area contributed by atoms with Gasteiger partial charge in [-0.1, -0.05) is 48.2 Å². The monoisotopic (exact) mass is 578 g/mol. The van der Waals surface area contributed by atoms with E-state index in [4.69, 9.17) is 31.5 Å². The van der Waals surface area contributed by atoms with Crippen molar-refractivity contribution in [3.63, 3.8) is 0 Å². The van der Waals surface area contributed by atoms with Crippen LogP contribution < -0.4 is 19.6 Å². The van der Waals surface area contributed by atoms with Gasteiger partial charge in [-0.2, -0.15) is 5.01 Å². The van der Waals surface area contributed by atoms with Crippen molar-refractivity contribution >= 4 is 52.2 Å². The molecule has 9 nitrogen and oxygen atoms in total. The minimum Gasteiger partial charge on any atom is -0.490 e. The zero-order chi connectivity index (χ0) is 28.6. The van der Waals surface area contributed by atoms with Gasteiger partial charge in [0.05, 0.1) is 11.5 Å². The van der Waals surface area contributed by atoms with Crippen LogP contribution in [0, 0.1) is 0 Å². The van der Waals surface area contributed by atoms with Crippen molar-refractivity contribution in [2.24, 2.45) is 0 Å². The van der Waals surface area contributed by atoms with Crippen LogP contribution >= 0.6 is 24.0 Å². The molecule has 1 aliphatic heterocycles. The summed E-state index contributed by atoms with van der Waals surface area (Å²) >= 11 is 6.38. The minimum absolute atomic E-state index is 0.174. The number of hydrogen-bond donors (Lipinski definition) is 2. The molecule has 1 atom stereocenters. The average Bonchev–Trinajstić information content (AvgIpc) is 3.21. The highest BCUT2D eigenvalue weighted by molar-refractivity contribution is 8.26. The van der Waals surface area contributed by atoms with Crippen LogP contribution in [-0.2, 0) is 16.2 Å². The van der Waals surface area contributed by atoms with Crippen LogP contribution in [0.5, 0.6) is 17.2 Å². The van der Waals surface area contributed by atoms with Crippen molar-refractivity contribution in [1.29, 1.82) is 0 Å². The first-order chi connectivity index (χ1) is 19.2. The maximum absolute atomic E-state index is 13.1. The van der Waals surface area contributed by atoms with Gasteiger partial charge in [-0.15, -0.1) is 0 Å². The highest BCUT2D eigenvalue weighted by Gasteiger charge is 2.34. The van der Waals surface area contributed by atoms with Crippen LogP contribution in [0.1, 0.15) is 35.3 Å². The maximum atomic E-state index is 13.1. The standard InChI is InChI=1S/C29H26N2O7S2/c1-3-36-24-15-20(9-14-23(24)38-18(2)28(34)35)16-25-27(33)31(29(39)40-25)30-26(32)21-10-12-22(13-11-21)37-17-19-7-5-4-6-8-19/h4-16,18H,3,17H2,1-2H3,(H,30,32)(H,34,35)/b25-16+. The SMILES string of the molecule is CCOc1cc(/C=C2/SC(=S)N(NC(=O)c3ccc(OCc4ccccc4)cc3)C2=O)ccc1OC(C)C(=O)O. The van der Waals surface area contributed by atoms with E-state index in [1.54, 1.807) is 55.5 Å². The smallest absolute Gasteiger partial charge is 0.344 e. The van der Waals surface area contributed by atoms with Crippen molar-refractivity contribution in [2.75, 3.05) is 6.61 Å². The van der Waals surface area contributed by atoms with E-state index >= 15 is 0 Å². The first-order valence-electron chi connectivity index (χ1n) is 12.3. The number of thiocarbonyl (C=S) groups is 1. The lowest BCUT2D eigenvalue weighted by Crippen LogP contribution is -2.44. The summed E-state index contributed by atoms with van der Waals surface area (Å²) in [4.78, 5) is 37.3. The van der Waals surface area contributed by atoms with Crippen LogP contribution in [0.3, 0.4) is 0 Å². The molecule has 2 amide bonds. The third-order valence-corrected chi connectivity index (χ3v) is 6.89. The number of nitrogens with one attached hydrogen (secondary N) is 1. The van der Waals surface area contributed by atoms with E-state index in [2.05, 4.69) is 5.43 Å². The second-order valence-electron chi connectivity index (χ2n) is 8.49. The lowest BCUT2D eigenvalue weighted by molar-refractivity contribution is -0.144. The van der Waals surface area contributed by atoms with E-state index in [0.29, 0.717) is 40.7 Å². The molecule has 2 N–H and O–H groups in total. The summed E-state index contributed by atoms with van der Waals surface area (Å²) in [5, 5.41) is 10.2. The van der Waals surface area contributed by atoms with E-state index in [-0.39, 0.29) is 10.1 Å². The van der Waals surface area contributed by atoms with Crippen LogP contribution in [0.4, 0.5) is 0 Å². The molecule has 1 fully saturated rings. The second-order valence-corrected chi connectivity index (χ2v) is 10.2. The highest BCUT2D eigenvalue weighted by Crippen LogP contribution is 2.34. The first kappa shape index (κ1) is 28.7. The third kappa shape index (κ3) is 7.19. The molecular formula is C29H26N2O7S2. The Hall–Kier alpha value is -4.35. The van der Waals surface area contributed by atoms with Gasteiger partial charge >= 0.3 is 5.97 Å². The highest BCUT2D eigenvalue weighted by atomic mass is 32.2. The molecule has 0 bridgehead atoms. The summed E-state index contributed by atoms with van der Waals surface area (Å²) in [6.45, 7) is 3.93. The molecule has 0 radical (unpaired) electrons. The van der Waals surface area contributed by atoms with E-state index in [9.17, 15) is 14.4 Å². The van der Waals surface area contributed by atoms with Crippen molar-refractivity contribution < 1.29 is 33.7 Å². The number of rotatable bonds is 11. The fourth-order valence-electron chi connectivity index (χ4n) is 3.55. The minimum atomic E-state index is -1.11. The van der Waals surface area contributed by atoms with Gasteiger partial charge in [-0.25, -0.2) is 4.79 Å². The molecular weight excluding hydrogens is 552 g/mol. The van der Waals surface area contributed by atoms with Crippen molar-refractivity contribution in [1.82, 2.24) is 10.4 Å². The Morgan fingerprint density at radius 3 is 2.45 bits per heavy atom. The van der Waals surface area contributed by atoms with Gasteiger partial charge in [-0.05, 0) is 79.7 Å². The molecule has 1 unspecified atom stereocenters. The molecule has 3 aromatic carbocycles. The van der Waals surface area contributed by atoms with Crippen LogP contribution in [0.15, 0.2) is 77.7 Å². The van der Waals surface area contributed by atoms with Gasteiger partial charge < -0.3 is 19.3 Å². The fourth-order valence-corrected chi connectivity index (χ4v) is 4.73. The molecule has 206 valence electrons. The van der Waals surface area contributed by atoms with Crippen molar-refractivity contribution in [3.05, 3.63) is 94.4 Å². The molecule has 0 aliphatic carbocycles. The number of carboxylic acid groups (broad SMARTS) is 1. The summed E-state index contributed by atoms with van der Waals surface area (Å²) in [5.41, 5.74) is 4.53. The predicted molar refractivity (Wildman–Crippen MR) is 155 cm³/mol. The van der Waals surface area contributed by atoms with Crippen molar-refractivity contribution in [2.45, 2.75) is 26.6 Å². The van der Waals surface area contributed by atoms with Gasteiger partial charge in [0.15, 0.2) is 21.9 Å². The summed E-state index contributed by atoms with van der Waals surface area (Å²) in [6.07, 6.45) is 0.542. The molecule has 1 aliphatic rings. The van der Waals surface area contributed by atoms with E-state index in [1.165, 1.54) is 6.92 Å². The number of hydrazine groups is 1. The summed E-state index contributed by atoms with van der Waals surface area (Å²) in [6, 6.07) is 21.2. The lowest BCUT2D eigenvalue weighted by Gasteiger charge is -2.16. The zero-order valence-electron chi connectivity index (χ0n) is 21.7. The number of aliphatic carboxylic acids is 1. The van der Waals surface area contributed by atoms with Crippen LogP contribution in [0.25, 0.3) is 6.08 Å². The number of carbonyl (C=O) groups excluding carboxylic acids is 2. The van der Waals surface area contributed by atoms with Crippen LogP contribution in [-0.4, -0.2) is 44.9 Å². The summed E-state index contributed by atoms with van der Waals surface area (Å²) in [5.74, 6) is -0.878. The largest absolute Gasteiger partial charge is 0.490 e. The Labute approximate surface area is 240 Å². The Bertz CT molecular complexity index is 1440. The summed E-state index contributed by atoms with van der Waals surface area (Å²) < 4.78 is 17.0. The Balaban J connectivity index is 1.41. The third-order valence-electron chi connectivity index (χ3n) is 5.59. The van der Waals surface area contributed by atoms with E-state index < -0.39 is 23.9 Å². The van der Waals surface area contributed by atoms with Crippen molar-refractivity contribution in [3.8, 4) is 17.2 Å². The number of hydrogen-bond acceptors (Lipinski definition) is 8. The molecule has 3 aromatic rings. The quantitative estimate of drug-likeness (QED) is 0.238. The van der Waals surface area contributed by atoms with E-state index in [0.717, 1.165) is 22.3 Å². The van der Waals surface area contributed by atoms with Gasteiger partial charge in [0.2, 0.25) is 0 Å². The number of benzene rings is 3. The van der Waals surface area contributed by atoms with Gasteiger partial charge in [-0.3, -0.25) is 15.0 Å². The molecule has 1 heterocycles. The van der Waals surface area contributed by atoms with E-state index in [1.807, 2.05) is 30.3 Å². The molecule has 0 saturated carbocycles. The molecule has 0 spiro atoms. The number of nitrogens with zero attached hydrogens (tertiary/aromatic N) is 1. The van der Waals surface area contributed by atoms with Crippen LogP contribution in [0.2, 0.25) is 0 Å². The Kier molecular flexibility index (Phi) is 9.41. The number of amides is 2. The number of thioether (sulfide) groups is 1. The predicted octanol–water partition coefficient (Wildman–Crippen LogP) is 5.06. The maximum Gasteiger partial charge on any atom is 0.344 e. The second kappa shape index (κ2) is 13.1. The Morgan fingerprint density at radius 2 is 1.77 bits per heavy atom. The number of ether oxygens (including phenoxy) is 3. The molecule has 0 aromatic heterocycles. The zero-order valence-corrected chi connectivity index (χ0v) is 23.3. The average molecular weight is 579 g/mol. The van der Waals surface area contributed by atoms with Gasteiger partial charge in [0, 0.05) is 5.56 Å². The fraction of sp³-hybridized carbons (Fsp3) is 0.172. The Morgan fingerprint density at radius 1 is 1.05 bits per heavy atom. The normalized spacial score (nSPS) is 14.7. The number of carbonyl (C=O) groups is 3. The molecule has 4 rings (SSSR count). The molecule has 11 heteroatoms. The van der Waals surface area contributed by atoms with Gasteiger partial charge in [0.25, 0.3) is 11.8 Å². The number of carboxylic acids is 1. The first-order valence-corrected chi connectivity index (χ1v) is 13.5.